The van der Waals surface area contributed by atoms with Gasteiger partial charge in [0.25, 0.3) is 12.3 Å². The Morgan fingerprint density at radius 1 is 1.11 bits per heavy atom. The first kappa shape index (κ1) is 31.6. The van der Waals surface area contributed by atoms with Gasteiger partial charge < -0.3 is 20.9 Å². The fourth-order valence-electron chi connectivity index (χ4n) is 5.31. The van der Waals surface area contributed by atoms with Crippen LogP contribution in [0.5, 0.6) is 0 Å². The molecule has 4 aromatic rings. The zero-order chi connectivity index (χ0) is 32.6. The number of amides is 2. The Hall–Kier alpha value is -4.35. The number of hydrogen-bond donors (Lipinski definition) is 3. The fourth-order valence-corrected chi connectivity index (χ4v) is 5.57. The van der Waals surface area contributed by atoms with E-state index in [0.29, 0.717) is 36.5 Å². The van der Waals surface area contributed by atoms with Gasteiger partial charge in [-0.25, -0.2) is 18.7 Å². The van der Waals surface area contributed by atoms with E-state index in [4.69, 9.17) is 11.6 Å². The number of alkyl halides is 5. The summed E-state index contributed by atoms with van der Waals surface area (Å²) in [5, 5.41) is 12.6. The van der Waals surface area contributed by atoms with Crippen molar-refractivity contribution in [3.63, 3.8) is 0 Å². The second kappa shape index (κ2) is 12.8. The Labute approximate surface area is 263 Å². The maximum absolute atomic E-state index is 13.7. The second-order valence-electron chi connectivity index (χ2n) is 10.9. The number of halogens is 6. The first-order valence-corrected chi connectivity index (χ1v) is 14.7. The van der Waals surface area contributed by atoms with Crippen molar-refractivity contribution in [2.45, 2.75) is 25.2 Å². The van der Waals surface area contributed by atoms with Crippen molar-refractivity contribution in [1.29, 1.82) is 0 Å². The van der Waals surface area contributed by atoms with Crippen LogP contribution in [0.4, 0.5) is 33.5 Å². The third-order valence-electron chi connectivity index (χ3n) is 7.69. The highest BCUT2D eigenvalue weighted by molar-refractivity contribution is 6.34. The van der Waals surface area contributed by atoms with Gasteiger partial charge in [0.15, 0.2) is 17.2 Å². The summed E-state index contributed by atoms with van der Waals surface area (Å²) in [6, 6.07) is 4.86. The molecule has 12 nitrogen and oxygen atoms in total. The number of imidazole rings is 1. The van der Waals surface area contributed by atoms with E-state index in [9.17, 15) is 31.5 Å². The van der Waals surface area contributed by atoms with E-state index in [1.807, 2.05) is 4.90 Å². The number of carbonyl (C=O) groups is 2. The molecule has 3 aromatic heterocycles. The molecule has 0 radical (unpaired) electrons. The molecule has 0 aliphatic carbocycles. The summed E-state index contributed by atoms with van der Waals surface area (Å²) in [5.74, 6) is -0.125. The van der Waals surface area contributed by atoms with Gasteiger partial charge in [0.05, 0.1) is 40.6 Å². The highest BCUT2D eigenvalue weighted by atomic mass is 35.5. The molecule has 2 amide bonds. The van der Waals surface area contributed by atoms with Gasteiger partial charge in [0.1, 0.15) is 6.54 Å². The maximum Gasteiger partial charge on any atom is 0.435 e. The van der Waals surface area contributed by atoms with Gasteiger partial charge >= 0.3 is 6.18 Å². The molecule has 244 valence electrons. The molecule has 0 saturated carbocycles. The first-order valence-electron chi connectivity index (χ1n) is 14.3. The second-order valence-corrected chi connectivity index (χ2v) is 11.3. The van der Waals surface area contributed by atoms with E-state index in [0.717, 1.165) is 19.3 Å². The summed E-state index contributed by atoms with van der Waals surface area (Å²) in [7, 11) is 0. The zero-order valence-electron chi connectivity index (χ0n) is 24.1. The van der Waals surface area contributed by atoms with Crippen LogP contribution in [-0.4, -0.2) is 104 Å². The van der Waals surface area contributed by atoms with Gasteiger partial charge in [-0.2, -0.15) is 18.3 Å². The summed E-state index contributed by atoms with van der Waals surface area (Å²) in [6.45, 7) is 2.75. The zero-order valence-corrected chi connectivity index (χ0v) is 24.8. The average Bonchev–Trinajstić information content (AvgIpc) is 3.60. The Morgan fingerprint density at radius 2 is 1.87 bits per heavy atom. The van der Waals surface area contributed by atoms with E-state index >= 15 is 0 Å². The molecule has 18 heteroatoms. The van der Waals surface area contributed by atoms with Crippen molar-refractivity contribution < 1.29 is 31.5 Å². The standard InChI is InChI=1S/C28H28ClF5N10O2/c29-20-9-16(1-2-18(20)27(46)42-7-5-41(6-8-42)15-23(45)38-17-10-35-11-17)39-25-26-37-12-21(44(26)4-3-36-25)19-13-43(14-22(30)31)40-24(19)28(32,33)34/h1-4,9,12-13,17,22,35H,5-8,10-11,14-15H2,(H,36,39)(H,38,45). The molecular formula is C28H28ClF5N10O2. The van der Waals surface area contributed by atoms with Crippen molar-refractivity contribution in [2.75, 3.05) is 51.1 Å². The molecule has 1 aromatic carbocycles. The summed E-state index contributed by atoms with van der Waals surface area (Å²) in [4.78, 5) is 37.6. The smallest absolute Gasteiger partial charge is 0.350 e. The molecular weight excluding hydrogens is 639 g/mol. The van der Waals surface area contributed by atoms with Crippen molar-refractivity contribution >= 4 is 40.6 Å². The highest BCUT2D eigenvalue weighted by Gasteiger charge is 2.38. The van der Waals surface area contributed by atoms with E-state index in [2.05, 4.69) is 31.0 Å². The van der Waals surface area contributed by atoms with Crippen LogP contribution in [0.25, 0.3) is 16.9 Å². The summed E-state index contributed by atoms with van der Waals surface area (Å²) in [5.41, 5.74) is -0.889. The SMILES string of the molecule is O=C(CN1CCN(C(=O)c2ccc(Nc3nccn4c(-c5cn(CC(F)F)nc5C(F)(F)F)cnc34)cc2Cl)CC1)NC1CNC1. The van der Waals surface area contributed by atoms with Crippen LogP contribution in [0.3, 0.4) is 0 Å². The number of nitrogens with one attached hydrogen (secondary N) is 3. The van der Waals surface area contributed by atoms with Gasteiger partial charge in [0.2, 0.25) is 5.91 Å². The quantitative estimate of drug-likeness (QED) is 0.233. The molecule has 2 aliphatic heterocycles. The van der Waals surface area contributed by atoms with Crippen LogP contribution in [0.15, 0.2) is 43.0 Å². The largest absolute Gasteiger partial charge is 0.435 e. The Bertz CT molecular complexity index is 1750. The van der Waals surface area contributed by atoms with Crippen LogP contribution in [0.1, 0.15) is 16.1 Å². The van der Waals surface area contributed by atoms with Crippen molar-refractivity contribution in [1.82, 2.24) is 44.6 Å². The van der Waals surface area contributed by atoms with Crippen LogP contribution in [0, 0.1) is 0 Å². The van der Waals surface area contributed by atoms with E-state index < -0.39 is 30.4 Å². The lowest BCUT2D eigenvalue weighted by molar-refractivity contribution is -0.141. The number of fused-ring (bicyclic) bond motifs is 1. The number of piperazine rings is 1. The maximum atomic E-state index is 13.7. The third-order valence-corrected chi connectivity index (χ3v) is 8.01. The molecule has 0 bridgehead atoms. The van der Waals surface area contributed by atoms with Crippen LogP contribution in [0.2, 0.25) is 5.02 Å². The van der Waals surface area contributed by atoms with Crippen molar-refractivity contribution in [2.24, 2.45) is 0 Å². The molecule has 3 N–H and O–H groups in total. The highest BCUT2D eigenvalue weighted by Crippen LogP contribution is 2.37. The number of benzene rings is 1. The number of rotatable bonds is 9. The molecule has 5 heterocycles. The normalized spacial score (nSPS) is 16.2. The Morgan fingerprint density at radius 3 is 2.52 bits per heavy atom. The number of aromatic nitrogens is 5. The van der Waals surface area contributed by atoms with Gasteiger partial charge in [-0.3, -0.25) is 23.6 Å². The van der Waals surface area contributed by atoms with Gasteiger partial charge in [-0.15, -0.1) is 0 Å². The molecule has 0 atom stereocenters. The predicted octanol–water partition coefficient (Wildman–Crippen LogP) is 3.12. The molecule has 0 spiro atoms. The predicted molar refractivity (Wildman–Crippen MR) is 157 cm³/mol. The lowest BCUT2D eigenvalue weighted by atomic mass is 10.1. The first-order chi connectivity index (χ1) is 22.0. The molecule has 46 heavy (non-hydrogen) atoms. The topological polar surface area (TPSA) is 125 Å². The lowest BCUT2D eigenvalue weighted by Crippen LogP contribution is -2.59. The minimum absolute atomic E-state index is 0.0244. The number of hydrogen-bond acceptors (Lipinski definition) is 8. The third kappa shape index (κ3) is 6.75. The van der Waals surface area contributed by atoms with Gasteiger partial charge in [0, 0.05) is 63.5 Å². The van der Waals surface area contributed by atoms with E-state index in [1.165, 1.54) is 29.1 Å². The summed E-state index contributed by atoms with van der Waals surface area (Å²) >= 11 is 6.51. The average molecular weight is 667 g/mol. The van der Waals surface area contributed by atoms with Crippen LogP contribution >= 0.6 is 11.6 Å². The van der Waals surface area contributed by atoms with Crippen LogP contribution in [-0.2, 0) is 17.5 Å². The van der Waals surface area contributed by atoms with Crippen molar-refractivity contribution in [3.8, 4) is 11.3 Å². The molecule has 2 fully saturated rings. The lowest BCUT2D eigenvalue weighted by Gasteiger charge is -2.35. The Kier molecular flexibility index (Phi) is 8.80. The number of nitrogens with zero attached hydrogens (tertiary/aromatic N) is 7. The molecule has 6 rings (SSSR count). The van der Waals surface area contributed by atoms with Gasteiger partial charge in [-0.05, 0) is 18.2 Å². The molecule has 2 aliphatic rings. The van der Waals surface area contributed by atoms with Gasteiger partial charge in [-0.1, -0.05) is 11.6 Å². The molecule has 0 unspecified atom stereocenters. The number of anilines is 2. The minimum Gasteiger partial charge on any atom is -0.350 e. The molecule has 2 saturated heterocycles. The van der Waals surface area contributed by atoms with Crippen molar-refractivity contribution in [3.05, 3.63) is 59.3 Å². The monoisotopic (exact) mass is 666 g/mol. The van der Waals surface area contributed by atoms with E-state index in [-0.39, 0.29) is 52.1 Å². The van der Waals surface area contributed by atoms with E-state index in [1.54, 1.807) is 17.0 Å². The number of carbonyl (C=O) groups excluding carboxylic acids is 2. The summed E-state index contributed by atoms with van der Waals surface area (Å²) in [6.07, 6.45) is -2.98. The summed E-state index contributed by atoms with van der Waals surface area (Å²) < 4.78 is 68.9. The van der Waals surface area contributed by atoms with Crippen LogP contribution < -0.4 is 16.0 Å². The minimum atomic E-state index is -4.89. The fraction of sp³-hybridized carbons (Fsp3) is 0.393. The Balaban J connectivity index is 1.14.